The predicted octanol–water partition coefficient (Wildman–Crippen LogP) is 0.786. The Bertz CT molecular complexity index is 141. The highest BCUT2D eigenvalue weighted by atomic mass is 31.1. The zero-order chi connectivity index (χ0) is 12.1. The molecule has 0 aliphatic carbocycles. The van der Waals surface area contributed by atoms with E-state index in [2.05, 4.69) is 23.1 Å². The topological polar surface area (TPSA) is 96.2 Å². The van der Waals surface area contributed by atoms with Crippen LogP contribution in [-0.4, -0.2) is 41.2 Å². The number of aliphatic hydroxyl groups is 2. The van der Waals surface area contributed by atoms with Crippen LogP contribution in [0.5, 0.6) is 0 Å². The highest BCUT2D eigenvalue weighted by Crippen LogP contribution is 2.13. The molecule has 0 saturated carbocycles. The standard InChI is InChI=1S/C4H9O6P.C4H10/c5-1-4(6)2-9-3-10-11(7)8;1-3-4-2/h4-6H,1-3H2;3-4H2,1-2H3/p+1. The maximum atomic E-state index is 9.85. The monoisotopic (exact) mass is 243 g/mol. The van der Waals surface area contributed by atoms with Crippen LogP contribution < -0.4 is 0 Å². The summed E-state index contributed by atoms with van der Waals surface area (Å²) < 4.78 is 18.5. The first-order valence-electron chi connectivity index (χ1n) is 4.74. The van der Waals surface area contributed by atoms with E-state index in [9.17, 15) is 4.57 Å². The lowest BCUT2D eigenvalue weighted by molar-refractivity contribution is -0.0440. The fourth-order valence-corrected chi connectivity index (χ4v) is 0.484. The van der Waals surface area contributed by atoms with Gasteiger partial charge in [-0.1, -0.05) is 31.2 Å². The molecule has 0 bridgehead atoms. The summed E-state index contributed by atoms with van der Waals surface area (Å²) >= 11 is 0. The van der Waals surface area contributed by atoms with Crippen molar-refractivity contribution in [1.82, 2.24) is 0 Å². The molecule has 3 N–H and O–H groups in total. The van der Waals surface area contributed by atoms with E-state index < -0.39 is 21.0 Å². The molecule has 0 saturated heterocycles. The lowest BCUT2D eigenvalue weighted by Crippen LogP contribution is -2.19. The summed E-state index contributed by atoms with van der Waals surface area (Å²) in [6.45, 7) is 3.45. The van der Waals surface area contributed by atoms with Gasteiger partial charge in [0.1, 0.15) is 6.10 Å². The maximum Gasteiger partial charge on any atom is 0.697 e. The zero-order valence-corrected chi connectivity index (χ0v) is 10.0. The third-order valence-electron chi connectivity index (χ3n) is 1.27. The zero-order valence-electron chi connectivity index (χ0n) is 9.13. The highest BCUT2D eigenvalue weighted by molar-refractivity contribution is 7.32. The van der Waals surface area contributed by atoms with Crippen molar-refractivity contribution in [1.29, 1.82) is 0 Å². The highest BCUT2D eigenvalue weighted by Gasteiger charge is 2.11. The minimum atomic E-state index is -2.65. The number of aliphatic hydroxyl groups excluding tert-OH is 2. The molecule has 0 aromatic heterocycles. The van der Waals surface area contributed by atoms with Gasteiger partial charge in [-0.3, -0.25) is 0 Å². The van der Waals surface area contributed by atoms with Crippen LogP contribution in [0.3, 0.4) is 0 Å². The summed E-state index contributed by atoms with van der Waals surface area (Å²) in [5.74, 6) is 0. The number of ether oxygens (including phenoxy) is 1. The van der Waals surface area contributed by atoms with Crippen molar-refractivity contribution in [3.8, 4) is 0 Å². The van der Waals surface area contributed by atoms with E-state index in [0.29, 0.717) is 0 Å². The Balaban J connectivity index is 0. The van der Waals surface area contributed by atoms with Gasteiger partial charge in [-0.25, -0.2) is 0 Å². The molecule has 0 aromatic rings. The molecule has 0 heterocycles. The first-order chi connectivity index (χ1) is 7.08. The number of unbranched alkanes of at least 4 members (excludes halogenated alkanes) is 1. The van der Waals surface area contributed by atoms with Crippen LogP contribution >= 0.6 is 8.25 Å². The van der Waals surface area contributed by atoms with Gasteiger partial charge < -0.3 is 14.9 Å². The van der Waals surface area contributed by atoms with Crippen LogP contribution in [0.1, 0.15) is 26.7 Å². The van der Waals surface area contributed by atoms with E-state index in [4.69, 9.17) is 15.1 Å². The second-order valence-electron chi connectivity index (χ2n) is 2.69. The minimum Gasteiger partial charge on any atom is -0.394 e. The first kappa shape index (κ1) is 17.3. The fourth-order valence-electron chi connectivity index (χ4n) is 0.319. The van der Waals surface area contributed by atoms with Gasteiger partial charge in [0.2, 0.25) is 6.79 Å². The molecule has 0 aliphatic heterocycles. The van der Waals surface area contributed by atoms with Crippen molar-refractivity contribution in [3.05, 3.63) is 0 Å². The molecular weight excluding hydrogens is 223 g/mol. The Morgan fingerprint density at radius 2 is 1.87 bits per heavy atom. The summed E-state index contributed by atoms with van der Waals surface area (Å²) in [7, 11) is -2.65. The molecule has 7 heteroatoms. The van der Waals surface area contributed by atoms with Gasteiger partial charge in [-0.05, 0) is 0 Å². The quantitative estimate of drug-likeness (QED) is 0.347. The molecule has 2 atom stereocenters. The second kappa shape index (κ2) is 13.9. The van der Waals surface area contributed by atoms with Crippen LogP contribution in [0.15, 0.2) is 0 Å². The van der Waals surface area contributed by atoms with Gasteiger partial charge in [0.15, 0.2) is 0 Å². The van der Waals surface area contributed by atoms with Crippen molar-refractivity contribution in [2.45, 2.75) is 32.8 Å². The van der Waals surface area contributed by atoms with Gasteiger partial charge in [0.05, 0.1) is 13.2 Å². The van der Waals surface area contributed by atoms with Crippen LogP contribution in [-0.2, 0) is 13.8 Å². The third kappa shape index (κ3) is 20.1. The summed E-state index contributed by atoms with van der Waals surface area (Å²) in [4.78, 5) is 8.07. The Morgan fingerprint density at radius 1 is 1.33 bits per heavy atom. The molecule has 0 aromatic carbocycles. The third-order valence-corrected chi connectivity index (χ3v) is 1.59. The van der Waals surface area contributed by atoms with E-state index in [1.54, 1.807) is 0 Å². The normalized spacial score (nSPS) is 12.7. The lowest BCUT2D eigenvalue weighted by Gasteiger charge is -2.04. The van der Waals surface area contributed by atoms with Crippen molar-refractivity contribution in [3.63, 3.8) is 0 Å². The fraction of sp³-hybridized carbons (Fsp3) is 1.00. The first-order valence-corrected chi connectivity index (χ1v) is 5.87. The van der Waals surface area contributed by atoms with Crippen LogP contribution in [0.4, 0.5) is 0 Å². The molecule has 0 rings (SSSR count). The molecule has 0 fully saturated rings. The second-order valence-corrected chi connectivity index (χ2v) is 3.43. The Morgan fingerprint density at radius 3 is 2.20 bits per heavy atom. The maximum absolute atomic E-state index is 9.85. The minimum absolute atomic E-state index is 0.125. The molecule has 0 amide bonds. The molecule has 0 spiro atoms. The molecule has 6 nitrogen and oxygen atoms in total. The summed E-state index contributed by atoms with van der Waals surface area (Å²) in [5.41, 5.74) is 0. The van der Waals surface area contributed by atoms with Gasteiger partial charge in [-0.2, -0.15) is 0 Å². The SMILES string of the molecule is CCCC.O=[P+](O)OCOCC(O)CO. The van der Waals surface area contributed by atoms with Crippen LogP contribution in [0.25, 0.3) is 0 Å². The van der Waals surface area contributed by atoms with Crippen molar-refractivity contribution < 1.29 is 28.9 Å². The average Bonchev–Trinajstić information content (AvgIpc) is 2.24. The molecule has 0 aliphatic rings. The molecule has 2 unspecified atom stereocenters. The van der Waals surface area contributed by atoms with E-state index >= 15 is 0 Å². The van der Waals surface area contributed by atoms with Crippen molar-refractivity contribution in [2.24, 2.45) is 0 Å². The molecule has 15 heavy (non-hydrogen) atoms. The average molecular weight is 243 g/mol. The molecule has 92 valence electrons. The van der Waals surface area contributed by atoms with Gasteiger partial charge in [0, 0.05) is 4.57 Å². The molecule has 0 radical (unpaired) electrons. The van der Waals surface area contributed by atoms with Gasteiger partial charge in [-0.15, -0.1) is 4.89 Å². The van der Waals surface area contributed by atoms with Crippen LogP contribution in [0, 0.1) is 0 Å². The van der Waals surface area contributed by atoms with E-state index in [0.717, 1.165) is 0 Å². The summed E-state index contributed by atoms with van der Waals surface area (Å²) in [5, 5.41) is 16.9. The van der Waals surface area contributed by atoms with E-state index in [1.165, 1.54) is 12.8 Å². The number of rotatable bonds is 7. The van der Waals surface area contributed by atoms with Crippen LogP contribution in [0.2, 0.25) is 0 Å². The lowest BCUT2D eigenvalue weighted by atomic mass is 10.4. The number of hydrogen-bond donors (Lipinski definition) is 3. The Labute approximate surface area is 90.8 Å². The van der Waals surface area contributed by atoms with Crippen molar-refractivity contribution >= 4 is 8.25 Å². The van der Waals surface area contributed by atoms with E-state index in [-0.39, 0.29) is 13.4 Å². The Kier molecular flexibility index (Phi) is 16.0. The largest absolute Gasteiger partial charge is 0.697 e. The number of hydrogen-bond acceptors (Lipinski definition) is 5. The van der Waals surface area contributed by atoms with Gasteiger partial charge >= 0.3 is 8.25 Å². The van der Waals surface area contributed by atoms with E-state index in [1.807, 2.05) is 0 Å². The summed E-state index contributed by atoms with van der Waals surface area (Å²) in [6.07, 6.45) is 1.66. The predicted molar refractivity (Wildman–Crippen MR) is 55.4 cm³/mol. The Hall–Kier alpha value is -0.100. The van der Waals surface area contributed by atoms with Crippen molar-refractivity contribution in [2.75, 3.05) is 20.0 Å². The van der Waals surface area contributed by atoms with Gasteiger partial charge in [0.25, 0.3) is 0 Å². The smallest absolute Gasteiger partial charge is 0.394 e. The molecular formula is C8H20O6P+. The summed E-state index contributed by atoms with van der Waals surface area (Å²) in [6, 6.07) is 0.